The molecule has 0 saturated carbocycles. The first-order valence-electron chi connectivity index (χ1n) is 7.33. The number of amides is 1. The number of aromatic nitrogens is 1. The third kappa shape index (κ3) is 3.35. The van der Waals surface area contributed by atoms with Gasteiger partial charge >= 0.3 is 0 Å². The van der Waals surface area contributed by atoms with E-state index >= 15 is 0 Å². The highest BCUT2D eigenvalue weighted by atomic mass is 16.2. The van der Waals surface area contributed by atoms with Crippen LogP contribution in [0.25, 0.3) is 0 Å². The molecular formula is C15H24N4O. The molecule has 0 aromatic carbocycles. The van der Waals surface area contributed by atoms with Crippen LogP contribution in [-0.2, 0) is 11.3 Å². The zero-order valence-corrected chi connectivity index (χ0v) is 12.3. The molecule has 1 aliphatic rings. The monoisotopic (exact) mass is 276 g/mol. The summed E-state index contributed by atoms with van der Waals surface area (Å²) in [5, 5.41) is 0. The van der Waals surface area contributed by atoms with Gasteiger partial charge in [-0.2, -0.15) is 0 Å². The molecule has 20 heavy (non-hydrogen) atoms. The minimum Gasteiger partial charge on any atom is -0.342 e. The quantitative estimate of drug-likeness (QED) is 0.866. The predicted molar refractivity (Wildman–Crippen MR) is 79.0 cm³/mol. The van der Waals surface area contributed by atoms with Gasteiger partial charge in [-0.25, -0.2) is 0 Å². The molecule has 1 amide bonds. The fraction of sp³-hybridized carbons (Fsp3) is 0.600. The summed E-state index contributed by atoms with van der Waals surface area (Å²) in [6.07, 6.45) is 4.36. The van der Waals surface area contributed by atoms with Gasteiger partial charge in [0.1, 0.15) is 0 Å². The summed E-state index contributed by atoms with van der Waals surface area (Å²) in [6.45, 7) is 7.04. The van der Waals surface area contributed by atoms with Gasteiger partial charge in [-0.1, -0.05) is 6.07 Å². The third-order valence-corrected chi connectivity index (χ3v) is 3.90. The normalized spacial score (nSPS) is 22.9. The van der Waals surface area contributed by atoms with Crippen molar-refractivity contribution in [3.05, 3.63) is 30.1 Å². The first kappa shape index (κ1) is 14.9. The minimum atomic E-state index is -0.0925. The Balaban J connectivity index is 2.08. The van der Waals surface area contributed by atoms with Crippen LogP contribution in [0.1, 0.15) is 25.8 Å². The Labute approximate surface area is 120 Å². The number of likely N-dealkylation sites (N-methyl/N-ethyl adjacent to an activating group) is 1. The van der Waals surface area contributed by atoms with Gasteiger partial charge in [0.15, 0.2) is 0 Å². The van der Waals surface area contributed by atoms with Crippen LogP contribution < -0.4 is 5.73 Å². The van der Waals surface area contributed by atoms with E-state index in [1.54, 1.807) is 6.20 Å². The van der Waals surface area contributed by atoms with Crippen LogP contribution in [-0.4, -0.2) is 52.4 Å². The molecule has 5 heteroatoms. The number of likely N-dealkylation sites (tertiary alicyclic amines) is 1. The second-order valence-corrected chi connectivity index (χ2v) is 5.31. The highest BCUT2D eigenvalue weighted by molar-refractivity contribution is 5.82. The molecule has 0 bridgehead atoms. The Morgan fingerprint density at radius 1 is 1.50 bits per heavy atom. The van der Waals surface area contributed by atoms with Crippen molar-refractivity contribution in [3.8, 4) is 0 Å². The molecule has 1 fully saturated rings. The van der Waals surface area contributed by atoms with Gasteiger partial charge < -0.3 is 10.6 Å². The number of nitrogens with two attached hydrogens (primary N) is 1. The maximum atomic E-state index is 12.6. The van der Waals surface area contributed by atoms with E-state index in [0.29, 0.717) is 0 Å². The summed E-state index contributed by atoms with van der Waals surface area (Å²) < 4.78 is 0. The molecule has 1 aromatic heterocycles. The maximum Gasteiger partial charge on any atom is 0.239 e. The number of pyridine rings is 1. The van der Waals surface area contributed by atoms with Crippen LogP contribution in [0.15, 0.2) is 24.5 Å². The molecule has 0 unspecified atom stereocenters. The number of carbonyl (C=O) groups excluding carboxylic acids is 1. The van der Waals surface area contributed by atoms with Crippen molar-refractivity contribution in [2.24, 2.45) is 5.73 Å². The lowest BCUT2D eigenvalue weighted by atomic mass is 10.1. The molecule has 2 atom stereocenters. The average molecular weight is 276 g/mol. The van der Waals surface area contributed by atoms with Crippen LogP contribution in [0.4, 0.5) is 0 Å². The molecule has 2 N–H and O–H groups in total. The molecule has 1 aliphatic heterocycles. The molecule has 110 valence electrons. The van der Waals surface area contributed by atoms with E-state index < -0.39 is 0 Å². The number of nitrogens with zero attached hydrogens (tertiary/aromatic N) is 3. The lowest BCUT2D eigenvalue weighted by Crippen LogP contribution is -2.45. The molecule has 5 nitrogen and oxygen atoms in total. The molecule has 2 heterocycles. The van der Waals surface area contributed by atoms with Crippen molar-refractivity contribution in [3.63, 3.8) is 0 Å². The van der Waals surface area contributed by atoms with Crippen LogP contribution in [0.3, 0.4) is 0 Å². The SMILES string of the molecule is CCN(CC)C(=O)[C@@H]1C[C@H](N)CN1Cc1cccnc1. The standard InChI is InChI=1S/C15H24N4O/c1-3-18(4-2)15(20)14-8-13(16)11-19(14)10-12-6-5-7-17-9-12/h5-7,9,13-14H,3-4,8,10-11,16H2,1-2H3/t13-,14-/m0/s1. The van der Waals surface area contributed by atoms with Crippen LogP contribution in [0.2, 0.25) is 0 Å². The fourth-order valence-corrected chi connectivity index (χ4v) is 2.84. The van der Waals surface area contributed by atoms with Gasteiger partial charge in [0, 0.05) is 44.6 Å². The molecular weight excluding hydrogens is 252 g/mol. The van der Waals surface area contributed by atoms with Crippen molar-refractivity contribution in [1.82, 2.24) is 14.8 Å². The highest BCUT2D eigenvalue weighted by Crippen LogP contribution is 2.21. The van der Waals surface area contributed by atoms with Crippen molar-refractivity contribution in [2.45, 2.75) is 38.9 Å². The largest absolute Gasteiger partial charge is 0.342 e. The second-order valence-electron chi connectivity index (χ2n) is 5.31. The van der Waals surface area contributed by atoms with E-state index in [0.717, 1.165) is 38.2 Å². The van der Waals surface area contributed by atoms with Crippen molar-refractivity contribution >= 4 is 5.91 Å². The first-order chi connectivity index (χ1) is 9.65. The number of carbonyl (C=O) groups is 1. The Bertz CT molecular complexity index is 433. The zero-order chi connectivity index (χ0) is 14.5. The van der Waals surface area contributed by atoms with Crippen LogP contribution in [0.5, 0.6) is 0 Å². The second kappa shape index (κ2) is 6.81. The molecule has 0 aliphatic carbocycles. The van der Waals surface area contributed by atoms with Crippen molar-refractivity contribution < 1.29 is 4.79 Å². The van der Waals surface area contributed by atoms with E-state index in [4.69, 9.17) is 5.73 Å². The summed E-state index contributed by atoms with van der Waals surface area (Å²) in [7, 11) is 0. The van der Waals surface area contributed by atoms with Gasteiger partial charge in [-0.3, -0.25) is 14.7 Å². The van der Waals surface area contributed by atoms with Crippen molar-refractivity contribution in [1.29, 1.82) is 0 Å². The van der Waals surface area contributed by atoms with Gasteiger partial charge in [-0.05, 0) is 31.9 Å². The smallest absolute Gasteiger partial charge is 0.239 e. The Morgan fingerprint density at radius 3 is 2.85 bits per heavy atom. The van der Waals surface area contributed by atoms with E-state index in [2.05, 4.69) is 9.88 Å². The molecule has 0 radical (unpaired) electrons. The van der Waals surface area contributed by atoms with E-state index in [1.807, 2.05) is 37.1 Å². The number of rotatable bonds is 5. The molecule has 1 aromatic rings. The van der Waals surface area contributed by atoms with E-state index in [1.165, 1.54) is 0 Å². The summed E-state index contributed by atoms with van der Waals surface area (Å²) >= 11 is 0. The van der Waals surface area contributed by atoms with Crippen LogP contribution in [0, 0.1) is 0 Å². The Morgan fingerprint density at radius 2 is 2.25 bits per heavy atom. The van der Waals surface area contributed by atoms with Gasteiger partial charge in [0.05, 0.1) is 6.04 Å². The lowest BCUT2D eigenvalue weighted by Gasteiger charge is -2.28. The molecule has 0 spiro atoms. The maximum absolute atomic E-state index is 12.6. The Kier molecular flexibility index (Phi) is 5.09. The first-order valence-corrected chi connectivity index (χ1v) is 7.33. The topological polar surface area (TPSA) is 62.5 Å². The summed E-state index contributed by atoms with van der Waals surface area (Å²) in [5.74, 6) is 0.201. The van der Waals surface area contributed by atoms with Gasteiger partial charge in [-0.15, -0.1) is 0 Å². The van der Waals surface area contributed by atoms with E-state index in [-0.39, 0.29) is 18.0 Å². The summed E-state index contributed by atoms with van der Waals surface area (Å²) in [4.78, 5) is 20.8. The summed E-state index contributed by atoms with van der Waals surface area (Å²) in [5.41, 5.74) is 7.19. The van der Waals surface area contributed by atoms with E-state index in [9.17, 15) is 4.79 Å². The van der Waals surface area contributed by atoms with Gasteiger partial charge in [0.2, 0.25) is 5.91 Å². The number of hydrogen-bond donors (Lipinski definition) is 1. The third-order valence-electron chi connectivity index (χ3n) is 3.90. The molecule has 2 rings (SSSR count). The predicted octanol–water partition coefficient (Wildman–Crippen LogP) is 0.852. The lowest BCUT2D eigenvalue weighted by molar-refractivity contribution is -0.135. The van der Waals surface area contributed by atoms with Crippen molar-refractivity contribution in [2.75, 3.05) is 19.6 Å². The minimum absolute atomic E-state index is 0.0798. The Hall–Kier alpha value is -1.46. The van der Waals surface area contributed by atoms with Crippen LogP contribution >= 0.6 is 0 Å². The zero-order valence-electron chi connectivity index (χ0n) is 12.3. The molecule has 1 saturated heterocycles. The average Bonchev–Trinajstić information content (AvgIpc) is 2.82. The summed E-state index contributed by atoms with van der Waals surface area (Å²) in [6, 6.07) is 3.95. The van der Waals surface area contributed by atoms with Gasteiger partial charge in [0.25, 0.3) is 0 Å². The number of hydrogen-bond acceptors (Lipinski definition) is 4. The fourth-order valence-electron chi connectivity index (χ4n) is 2.84. The highest BCUT2D eigenvalue weighted by Gasteiger charge is 2.36.